The standard InChI is InChI=1S/C11H19N3OS/c1-5-8-6-13-10(16)14(8)7-11(2,3)9(15)12-4/h6H,5,7H2,1-4H3,(H,12,15)(H,13,16). The first kappa shape index (κ1) is 13.0. The van der Waals surface area contributed by atoms with Gasteiger partial charge in [0.2, 0.25) is 5.91 Å². The van der Waals surface area contributed by atoms with Gasteiger partial charge in [0.1, 0.15) is 0 Å². The van der Waals surface area contributed by atoms with Crippen molar-refractivity contribution >= 4 is 18.1 Å². The maximum Gasteiger partial charge on any atom is 0.227 e. The van der Waals surface area contributed by atoms with Crippen molar-refractivity contribution in [1.29, 1.82) is 0 Å². The number of nitrogens with one attached hydrogen (secondary N) is 2. The molecular weight excluding hydrogens is 222 g/mol. The number of carbonyl (C=O) groups excluding carboxylic acids is 1. The Kier molecular flexibility index (Phi) is 3.91. The number of hydrogen-bond donors (Lipinski definition) is 2. The maximum atomic E-state index is 11.7. The summed E-state index contributed by atoms with van der Waals surface area (Å²) in [5, 5.41) is 2.68. The molecule has 0 aromatic carbocycles. The van der Waals surface area contributed by atoms with Crippen LogP contribution in [0.5, 0.6) is 0 Å². The fourth-order valence-electron chi connectivity index (χ4n) is 1.70. The lowest BCUT2D eigenvalue weighted by Crippen LogP contribution is -2.38. The molecule has 1 aromatic rings. The van der Waals surface area contributed by atoms with Crippen molar-refractivity contribution in [3.63, 3.8) is 0 Å². The molecule has 0 unspecified atom stereocenters. The second-order valence-corrected chi connectivity index (χ2v) is 4.87. The van der Waals surface area contributed by atoms with E-state index in [0.29, 0.717) is 11.3 Å². The Morgan fingerprint density at radius 2 is 2.25 bits per heavy atom. The summed E-state index contributed by atoms with van der Waals surface area (Å²) < 4.78 is 2.67. The molecule has 1 rings (SSSR count). The van der Waals surface area contributed by atoms with Gasteiger partial charge in [0.25, 0.3) is 0 Å². The van der Waals surface area contributed by atoms with Gasteiger partial charge in [-0.2, -0.15) is 0 Å². The summed E-state index contributed by atoms with van der Waals surface area (Å²) in [5.74, 6) is 0.0256. The van der Waals surface area contributed by atoms with Crippen LogP contribution < -0.4 is 5.32 Å². The predicted octanol–water partition coefficient (Wildman–Crippen LogP) is 1.88. The van der Waals surface area contributed by atoms with Crippen molar-refractivity contribution in [1.82, 2.24) is 14.9 Å². The third kappa shape index (κ3) is 2.52. The van der Waals surface area contributed by atoms with E-state index in [9.17, 15) is 4.79 Å². The summed E-state index contributed by atoms with van der Waals surface area (Å²) in [6.45, 7) is 6.50. The van der Waals surface area contributed by atoms with E-state index < -0.39 is 5.41 Å². The Bertz CT molecular complexity index is 431. The minimum Gasteiger partial charge on any atom is -0.359 e. The number of carbonyl (C=O) groups is 1. The molecule has 0 saturated carbocycles. The van der Waals surface area contributed by atoms with Crippen LogP contribution in [0.1, 0.15) is 26.5 Å². The normalized spacial score (nSPS) is 11.5. The van der Waals surface area contributed by atoms with Crippen LogP contribution in [0.15, 0.2) is 6.20 Å². The van der Waals surface area contributed by atoms with Gasteiger partial charge in [-0.3, -0.25) is 4.79 Å². The molecule has 0 fully saturated rings. The zero-order valence-corrected chi connectivity index (χ0v) is 11.1. The molecule has 1 aromatic heterocycles. The number of aromatic nitrogens is 2. The van der Waals surface area contributed by atoms with E-state index in [1.165, 1.54) is 0 Å². The minimum absolute atomic E-state index is 0.0256. The van der Waals surface area contributed by atoms with Crippen molar-refractivity contribution in [2.45, 2.75) is 33.7 Å². The van der Waals surface area contributed by atoms with Crippen LogP contribution in [0.4, 0.5) is 0 Å². The highest BCUT2D eigenvalue weighted by Crippen LogP contribution is 2.20. The van der Waals surface area contributed by atoms with Gasteiger partial charge in [-0.25, -0.2) is 0 Å². The Balaban J connectivity index is 3.00. The van der Waals surface area contributed by atoms with Crippen LogP contribution in [0.2, 0.25) is 0 Å². The van der Waals surface area contributed by atoms with Crippen LogP contribution in [0.25, 0.3) is 0 Å². The van der Waals surface area contributed by atoms with Crippen molar-refractivity contribution in [3.05, 3.63) is 16.7 Å². The monoisotopic (exact) mass is 241 g/mol. The van der Waals surface area contributed by atoms with E-state index in [-0.39, 0.29) is 5.91 Å². The second-order valence-electron chi connectivity index (χ2n) is 4.49. The summed E-state index contributed by atoms with van der Waals surface area (Å²) in [7, 11) is 1.65. The number of rotatable bonds is 4. The second kappa shape index (κ2) is 4.82. The Morgan fingerprint density at radius 3 is 2.75 bits per heavy atom. The lowest BCUT2D eigenvalue weighted by molar-refractivity contribution is -0.129. The first-order valence-electron chi connectivity index (χ1n) is 5.41. The van der Waals surface area contributed by atoms with E-state index in [4.69, 9.17) is 12.2 Å². The highest BCUT2D eigenvalue weighted by molar-refractivity contribution is 7.71. The summed E-state index contributed by atoms with van der Waals surface area (Å²) in [5.41, 5.74) is 0.668. The summed E-state index contributed by atoms with van der Waals surface area (Å²) in [6, 6.07) is 0. The first-order valence-corrected chi connectivity index (χ1v) is 5.82. The van der Waals surface area contributed by atoms with Gasteiger partial charge in [0.15, 0.2) is 4.77 Å². The number of amides is 1. The van der Waals surface area contributed by atoms with E-state index in [0.717, 1.165) is 12.1 Å². The minimum atomic E-state index is -0.459. The molecule has 0 atom stereocenters. The van der Waals surface area contributed by atoms with Crippen LogP contribution in [-0.2, 0) is 17.8 Å². The van der Waals surface area contributed by atoms with Gasteiger partial charge < -0.3 is 14.9 Å². The van der Waals surface area contributed by atoms with Crippen LogP contribution in [0, 0.1) is 10.2 Å². The van der Waals surface area contributed by atoms with Crippen LogP contribution >= 0.6 is 12.2 Å². The molecule has 0 aliphatic heterocycles. The molecule has 0 aliphatic carbocycles. The molecule has 5 heteroatoms. The largest absolute Gasteiger partial charge is 0.359 e. The van der Waals surface area contributed by atoms with Gasteiger partial charge in [-0.05, 0) is 32.5 Å². The molecule has 90 valence electrons. The maximum absolute atomic E-state index is 11.7. The molecule has 2 N–H and O–H groups in total. The van der Waals surface area contributed by atoms with E-state index in [1.807, 2.05) is 24.6 Å². The van der Waals surface area contributed by atoms with E-state index in [2.05, 4.69) is 17.2 Å². The summed E-state index contributed by atoms with van der Waals surface area (Å²) >= 11 is 5.21. The molecule has 0 saturated heterocycles. The number of aromatic amines is 1. The number of aryl methyl sites for hydroxylation is 1. The molecule has 1 amide bonds. The highest BCUT2D eigenvalue weighted by Gasteiger charge is 2.27. The Hall–Kier alpha value is -1.10. The number of hydrogen-bond acceptors (Lipinski definition) is 2. The summed E-state index contributed by atoms with van der Waals surface area (Å²) in [6.07, 6.45) is 2.80. The van der Waals surface area contributed by atoms with Crippen LogP contribution in [0.3, 0.4) is 0 Å². The number of nitrogens with zero attached hydrogens (tertiary/aromatic N) is 1. The quantitative estimate of drug-likeness (QED) is 0.791. The number of H-pyrrole nitrogens is 1. The molecule has 0 radical (unpaired) electrons. The highest BCUT2D eigenvalue weighted by atomic mass is 32.1. The zero-order chi connectivity index (χ0) is 12.3. The van der Waals surface area contributed by atoms with Gasteiger partial charge in [0.05, 0.1) is 5.41 Å². The van der Waals surface area contributed by atoms with E-state index >= 15 is 0 Å². The molecular formula is C11H19N3OS. The lowest BCUT2D eigenvalue weighted by atomic mass is 9.92. The van der Waals surface area contributed by atoms with Crippen LogP contribution in [-0.4, -0.2) is 22.5 Å². The molecule has 1 heterocycles. The molecule has 4 nitrogen and oxygen atoms in total. The average molecular weight is 241 g/mol. The fraction of sp³-hybridized carbons (Fsp3) is 0.636. The van der Waals surface area contributed by atoms with E-state index in [1.54, 1.807) is 7.05 Å². The van der Waals surface area contributed by atoms with Gasteiger partial charge >= 0.3 is 0 Å². The molecule has 0 spiro atoms. The number of imidazole rings is 1. The molecule has 0 bridgehead atoms. The van der Waals surface area contributed by atoms with Gasteiger partial charge in [-0.1, -0.05) is 6.92 Å². The van der Waals surface area contributed by atoms with Crippen molar-refractivity contribution in [3.8, 4) is 0 Å². The Morgan fingerprint density at radius 1 is 1.62 bits per heavy atom. The molecule has 0 aliphatic rings. The van der Waals surface area contributed by atoms with Gasteiger partial charge in [0, 0.05) is 25.5 Å². The zero-order valence-electron chi connectivity index (χ0n) is 10.3. The third-order valence-electron chi connectivity index (χ3n) is 2.71. The smallest absolute Gasteiger partial charge is 0.227 e. The predicted molar refractivity (Wildman–Crippen MR) is 66.8 cm³/mol. The fourth-order valence-corrected chi connectivity index (χ4v) is 1.94. The Labute approximate surface area is 101 Å². The topological polar surface area (TPSA) is 49.8 Å². The lowest BCUT2D eigenvalue weighted by Gasteiger charge is -2.24. The average Bonchev–Trinajstić information content (AvgIpc) is 2.58. The molecule has 16 heavy (non-hydrogen) atoms. The van der Waals surface area contributed by atoms with Gasteiger partial charge in [-0.15, -0.1) is 0 Å². The van der Waals surface area contributed by atoms with Crippen molar-refractivity contribution in [2.24, 2.45) is 5.41 Å². The van der Waals surface area contributed by atoms with Crippen molar-refractivity contribution < 1.29 is 4.79 Å². The van der Waals surface area contributed by atoms with Crippen molar-refractivity contribution in [2.75, 3.05) is 7.05 Å². The first-order chi connectivity index (χ1) is 7.42. The summed E-state index contributed by atoms with van der Waals surface area (Å²) in [4.78, 5) is 14.7. The SMILES string of the molecule is CCc1c[nH]c(=S)n1CC(C)(C)C(=O)NC. The third-order valence-corrected chi connectivity index (χ3v) is 3.05.